The van der Waals surface area contributed by atoms with Crippen molar-refractivity contribution in [2.45, 2.75) is 25.1 Å². The number of aryl methyl sites for hydroxylation is 2. The van der Waals surface area contributed by atoms with E-state index in [1.165, 1.54) is 5.69 Å². The van der Waals surface area contributed by atoms with Gasteiger partial charge in [0.1, 0.15) is 0 Å². The number of hydrogen-bond donors (Lipinski definition) is 0. The van der Waals surface area contributed by atoms with E-state index < -0.39 is 0 Å². The largest absolute Gasteiger partial charge is 0.380 e. The second kappa shape index (κ2) is 4.54. The summed E-state index contributed by atoms with van der Waals surface area (Å²) in [7, 11) is 1.99. The van der Waals surface area contributed by atoms with E-state index in [-0.39, 0.29) is 5.38 Å². The van der Waals surface area contributed by atoms with Crippen LogP contribution < -0.4 is 0 Å². The molecule has 2 heterocycles. The Morgan fingerprint density at radius 1 is 1.60 bits per heavy atom. The van der Waals surface area contributed by atoms with Crippen molar-refractivity contribution in [1.29, 1.82) is 0 Å². The van der Waals surface area contributed by atoms with Gasteiger partial charge in [-0.25, -0.2) is 0 Å². The Hall–Kier alpha value is -0.540. The molecule has 0 spiro atoms. The molecule has 0 aliphatic carbocycles. The molecule has 15 heavy (non-hydrogen) atoms. The zero-order valence-electron chi connectivity index (χ0n) is 9.24. The lowest BCUT2D eigenvalue weighted by Gasteiger charge is -2.10. The molecule has 2 rings (SSSR count). The molecule has 1 aliphatic heterocycles. The average molecular weight is 229 g/mol. The molecular weight excluding hydrogens is 212 g/mol. The molecular formula is C11H17ClN2O. The summed E-state index contributed by atoms with van der Waals surface area (Å²) in [5.74, 6) is 0.437. The fourth-order valence-electron chi connectivity index (χ4n) is 1.96. The van der Waals surface area contributed by atoms with Gasteiger partial charge in [0.25, 0.3) is 0 Å². The van der Waals surface area contributed by atoms with Crippen molar-refractivity contribution in [3.05, 3.63) is 17.5 Å². The fourth-order valence-corrected chi connectivity index (χ4v) is 2.21. The quantitative estimate of drug-likeness (QED) is 0.738. The molecule has 0 bridgehead atoms. The van der Waals surface area contributed by atoms with Crippen LogP contribution in [-0.4, -0.2) is 28.4 Å². The zero-order valence-corrected chi connectivity index (χ0v) is 10.00. The number of halogens is 1. The van der Waals surface area contributed by atoms with Crippen LogP contribution in [0.2, 0.25) is 0 Å². The smallest absolute Gasteiger partial charge is 0.0633 e. The zero-order chi connectivity index (χ0) is 10.8. The van der Waals surface area contributed by atoms with E-state index in [9.17, 15) is 0 Å². The molecule has 0 N–H and O–H groups in total. The highest BCUT2D eigenvalue weighted by atomic mass is 35.5. The molecule has 1 aliphatic rings. The Balaban J connectivity index is 2.06. The second-order valence-corrected chi connectivity index (χ2v) is 4.68. The van der Waals surface area contributed by atoms with Crippen molar-refractivity contribution in [2.24, 2.45) is 13.0 Å². The van der Waals surface area contributed by atoms with Gasteiger partial charge in [0.2, 0.25) is 0 Å². The third-order valence-corrected chi connectivity index (χ3v) is 3.46. The Morgan fingerprint density at radius 3 is 2.93 bits per heavy atom. The van der Waals surface area contributed by atoms with Crippen molar-refractivity contribution in [1.82, 2.24) is 9.78 Å². The van der Waals surface area contributed by atoms with Crippen molar-refractivity contribution >= 4 is 11.6 Å². The number of nitrogens with zero attached hydrogens (tertiary/aromatic N) is 2. The standard InChI is InChI=1S/C11H17ClN2O/c1-3-9-5-10(14(2)13-9)4-8-6-15-7-11(8)12/h5,8,11H,3-4,6-7H2,1-2H3. The summed E-state index contributed by atoms with van der Waals surface area (Å²) in [6.07, 6.45) is 1.96. The van der Waals surface area contributed by atoms with Gasteiger partial charge in [0.15, 0.2) is 0 Å². The van der Waals surface area contributed by atoms with E-state index in [2.05, 4.69) is 18.1 Å². The number of hydrogen-bond acceptors (Lipinski definition) is 2. The summed E-state index contributed by atoms with van der Waals surface area (Å²) in [4.78, 5) is 0. The first kappa shape index (κ1) is 11.0. The summed E-state index contributed by atoms with van der Waals surface area (Å²) in [6, 6.07) is 2.17. The van der Waals surface area contributed by atoms with Gasteiger partial charge in [-0.3, -0.25) is 4.68 Å². The van der Waals surface area contributed by atoms with Gasteiger partial charge in [0, 0.05) is 18.7 Å². The Bertz CT molecular complexity index is 337. The van der Waals surface area contributed by atoms with Crippen molar-refractivity contribution in [3.8, 4) is 0 Å². The molecule has 2 unspecified atom stereocenters. The summed E-state index contributed by atoms with van der Waals surface area (Å²) in [5, 5.41) is 4.59. The first-order chi connectivity index (χ1) is 7.20. The Labute approximate surface area is 95.4 Å². The highest BCUT2D eigenvalue weighted by molar-refractivity contribution is 6.21. The SMILES string of the molecule is CCc1cc(CC2COCC2Cl)n(C)n1. The van der Waals surface area contributed by atoms with E-state index in [1.54, 1.807) is 0 Å². The lowest BCUT2D eigenvalue weighted by atomic mass is 10.0. The Kier molecular flexibility index (Phi) is 3.32. The van der Waals surface area contributed by atoms with Crippen LogP contribution in [0.15, 0.2) is 6.07 Å². The monoisotopic (exact) mass is 228 g/mol. The van der Waals surface area contributed by atoms with Crippen LogP contribution in [0, 0.1) is 5.92 Å². The maximum absolute atomic E-state index is 6.17. The van der Waals surface area contributed by atoms with Crippen molar-refractivity contribution < 1.29 is 4.74 Å². The van der Waals surface area contributed by atoms with Gasteiger partial charge in [-0.15, -0.1) is 11.6 Å². The highest BCUT2D eigenvalue weighted by Crippen LogP contribution is 2.23. The molecule has 3 nitrogen and oxygen atoms in total. The van der Waals surface area contributed by atoms with Crippen molar-refractivity contribution in [3.63, 3.8) is 0 Å². The molecule has 0 saturated carbocycles. The second-order valence-electron chi connectivity index (χ2n) is 4.12. The van der Waals surface area contributed by atoms with Crippen LogP contribution in [0.4, 0.5) is 0 Å². The fraction of sp³-hybridized carbons (Fsp3) is 0.727. The van der Waals surface area contributed by atoms with Gasteiger partial charge in [0.05, 0.1) is 24.3 Å². The number of rotatable bonds is 3. The van der Waals surface area contributed by atoms with Crippen LogP contribution in [0.3, 0.4) is 0 Å². The van der Waals surface area contributed by atoms with Crippen LogP contribution >= 0.6 is 11.6 Å². The van der Waals surface area contributed by atoms with Crippen LogP contribution in [0.5, 0.6) is 0 Å². The van der Waals surface area contributed by atoms with Crippen LogP contribution in [0.1, 0.15) is 18.3 Å². The maximum atomic E-state index is 6.17. The molecule has 0 radical (unpaired) electrons. The normalized spacial score (nSPS) is 26.1. The first-order valence-corrected chi connectivity index (χ1v) is 5.88. The van der Waals surface area contributed by atoms with Crippen LogP contribution in [-0.2, 0) is 24.6 Å². The third-order valence-electron chi connectivity index (χ3n) is 2.98. The van der Waals surface area contributed by atoms with Gasteiger partial charge < -0.3 is 4.74 Å². The van der Waals surface area contributed by atoms with Gasteiger partial charge in [-0.05, 0) is 18.9 Å². The van der Waals surface area contributed by atoms with E-state index in [0.717, 1.165) is 25.1 Å². The minimum Gasteiger partial charge on any atom is -0.380 e. The third kappa shape index (κ3) is 2.34. The predicted molar refractivity (Wildman–Crippen MR) is 60.2 cm³/mol. The van der Waals surface area contributed by atoms with Gasteiger partial charge in [-0.2, -0.15) is 5.10 Å². The molecule has 1 aromatic heterocycles. The number of aromatic nitrogens is 2. The van der Waals surface area contributed by atoms with Gasteiger partial charge >= 0.3 is 0 Å². The summed E-state index contributed by atoms with van der Waals surface area (Å²) in [5.41, 5.74) is 2.41. The van der Waals surface area contributed by atoms with Crippen molar-refractivity contribution in [2.75, 3.05) is 13.2 Å². The number of ether oxygens (including phenoxy) is 1. The van der Waals surface area contributed by atoms with E-state index in [1.807, 2.05) is 11.7 Å². The summed E-state index contributed by atoms with van der Waals surface area (Å²) < 4.78 is 7.31. The molecule has 4 heteroatoms. The molecule has 84 valence electrons. The molecule has 1 aromatic rings. The first-order valence-electron chi connectivity index (χ1n) is 5.44. The maximum Gasteiger partial charge on any atom is 0.0633 e. The predicted octanol–water partition coefficient (Wildman–Crippen LogP) is 1.78. The molecule has 1 saturated heterocycles. The summed E-state index contributed by atoms with van der Waals surface area (Å²) >= 11 is 6.17. The van der Waals surface area contributed by atoms with Crippen LogP contribution in [0.25, 0.3) is 0 Å². The molecule has 0 amide bonds. The van der Waals surface area contributed by atoms with E-state index in [0.29, 0.717) is 12.5 Å². The Morgan fingerprint density at radius 2 is 2.40 bits per heavy atom. The topological polar surface area (TPSA) is 27.1 Å². The van der Waals surface area contributed by atoms with Gasteiger partial charge in [-0.1, -0.05) is 6.92 Å². The summed E-state index contributed by atoms with van der Waals surface area (Å²) in [6.45, 7) is 3.58. The average Bonchev–Trinajstić information content (AvgIpc) is 2.76. The molecule has 1 fully saturated rings. The number of alkyl halides is 1. The highest BCUT2D eigenvalue weighted by Gasteiger charge is 2.27. The van der Waals surface area contributed by atoms with E-state index in [4.69, 9.17) is 16.3 Å². The minimum atomic E-state index is 0.157. The molecule has 2 atom stereocenters. The van der Waals surface area contributed by atoms with E-state index >= 15 is 0 Å². The molecule has 0 aromatic carbocycles. The minimum absolute atomic E-state index is 0.157. The lowest BCUT2D eigenvalue weighted by Crippen LogP contribution is -2.16. The lowest BCUT2D eigenvalue weighted by molar-refractivity contribution is 0.185.